The summed E-state index contributed by atoms with van der Waals surface area (Å²) in [6, 6.07) is 0. The molecule has 0 aliphatic heterocycles. The fourth-order valence-electron chi connectivity index (χ4n) is 8.96. The minimum Gasteiger partial charge on any atom is -0.462 e. The molecule has 0 aliphatic carbocycles. The monoisotopic (exact) mass is 969 g/mol. The van der Waals surface area contributed by atoms with Gasteiger partial charge in [0, 0.05) is 19.3 Å². The molecule has 0 saturated heterocycles. The molecule has 1 unspecified atom stereocenters. The molecule has 0 radical (unpaired) electrons. The molecule has 0 N–H and O–H groups in total. The molecule has 0 bridgehead atoms. The van der Waals surface area contributed by atoms with Crippen molar-refractivity contribution < 1.29 is 28.6 Å². The van der Waals surface area contributed by atoms with E-state index >= 15 is 0 Å². The van der Waals surface area contributed by atoms with Gasteiger partial charge in [0.05, 0.1) is 0 Å². The second kappa shape index (κ2) is 58.2. The molecule has 0 fully saturated rings. The summed E-state index contributed by atoms with van der Waals surface area (Å²) in [4.78, 5) is 38.1. The van der Waals surface area contributed by atoms with Gasteiger partial charge in [0.1, 0.15) is 13.2 Å². The van der Waals surface area contributed by atoms with Gasteiger partial charge in [-0.1, -0.05) is 250 Å². The van der Waals surface area contributed by atoms with E-state index in [1.165, 1.54) is 218 Å². The van der Waals surface area contributed by atoms with Gasteiger partial charge < -0.3 is 14.2 Å². The highest BCUT2D eigenvalue weighted by Gasteiger charge is 2.19. The van der Waals surface area contributed by atoms with E-state index in [2.05, 4.69) is 57.2 Å². The van der Waals surface area contributed by atoms with Crippen LogP contribution < -0.4 is 0 Å². The summed E-state index contributed by atoms with van der Waals surface area (Å²) in [7, 11) is 0. The van der Waals surface area contributed by atoms with Gasteiger partial charge in [0.2, 0.25) is 0 Å². The lowest BCUT2D eigenvalue weighted by Gasteiger charge is -2.18. The van der Waals surface area contributed by atoms with Crippen molar-refractivity contribution in [3.8, 4) is 0 Å². The third kappa shape index (κ3) is 56.4. The maximum absolute atomic E-state index is 12.8. The molecule has 0 amide bonds. The maximum atomic E-state index is 12.8. The highest BCUT2D eigenvalue weighted by molar-refractivity contribution is 5.71. The third-order valence-electron chi connectivity index (χ3n) is 13.6. The summed E-state index contributed by atoms with van der Waals surface area (Å²) in [6.45, 7) is 6.63. The molecule has 69 heavy (non-hydrogen) atoms. The Bertz CT molecular complexity index is 1160. The molecular formula is C63H116O6. The predicted molar refractivity (Wildman–Crippen MR) is 298 cm³/mol. The van der Waals surface area contributed by atoms with E-state index in [9.17, 15) is 14.4 Å². The van der Waals surface area contributed by atoms with E-state index in [4.69, 9.17) is 14.2 Å². The van der Waals surface area contributed by atoms with E-state index in [0.717, 1.165) is 70.6 Å². The van der Waals surface area contributed by atoms with Crippen LogP contribution in [0.15, 0.2) is 36.5 Å². The number of unbranched alkanes of at least 4 members (excludes halogenated alkanes) is 39. The van der Waals surface area contributed by atoms with Crippen LogP contribution in [0.25, 0.3) is 0 Å². The normalized spacial score (nSPS) is 12.2. The number of carbonyl (C=O) groups is 3. The molecule has 0 aromatic carbocycles. The van der Waals surface area contributed by atoms with Crippen molar-refractivity contribution in [1.29, 1.82) is 0 Å². The first-order chi connectivity index (χ1) is 34.0. The van der Waals surface area contributed by atoms with Crippen LogP contribution in [0.4, 0.5) is 0 Å². The Labute approximate surface area is 429 Å². The quantitative estimate of drug-likeness (QED) is 0.0261. The Hall–Kier alpha value is -2.37. The fraction of sp³-hybridized carbons (Fsp3) is 0.857. The molecule has 0 rings (SSSR count). The molecule has 6 nitrogen and oxygen atoms in total. The van der Waals surface area contributed by atoms with Gasteiger partial charge in [-0.2, -0.15) is 0 Å². The zero-order chi connectivity index (χ0) is 50.0. The van der Waals surface area contributed by atoms with Crippen LogP contribution in [-0.4, -0.2) is 37.2 Å². The Morgan fingerprint density at radius 1 is 0.275 bits per heavy atom. The fourth-order valence-corrected chi connectivity index (χ4v) is 8.96. The van der Waals surface area contributed by atoms with Crippen molar-refractivity contribution in [2.24, 2.45) is 0 Å². The van der Waals surface area contributed by atoms with Crippen molar-refractivity contribution in [2.45, 2.75) is 335 Å². The standard InChI is InChI=1S/C63H116O6/c1-4-7-10-13-16-19-22-25-26-27-28-29-30-31-32-33-34-35-36-39-41-44-47-50-53-56-62(65)68-59-60(69-63(66)57-54-51-48-45-42-38-24-21-18-15-12-9-6-3)58-67-61(64)55-52-49-46-43-40-37-23-20-17-14-11-8-5-2/h20-21,23-24,27-28,60H,4-19,22,25-26,29-59H2,1-3H3/b23-20-,24-21-,28-27-. The summed E-state index contributed by atoms with van der Waals surface area (Å²) in [6.07, 6.45) is 70.1. The van der Waals surface area contributed by atoms with Crippen molar-refractivity contribution >= 4 is 17.9 Å². The SMILES string of the molecule is CCCCCC/C=C\CCCCCCCC(=O)OCC(COC(=O)CCCCCCCCCCCCCCC/C=C\CCCCCCCCCC)OC(=O)CCCCCCC/C=C\CCCCCC. The predicted octanol–water partition coefficient (Wildman–Crippen LogP) is 20.4. The Balaban J connectivity index is 4.21. The van der Waals surface area contributed by atoms with Crippen LogP contribution in [0.3, 0.4) is 0 Å². The van der Waals surface area contributed by atoms with Gasteiger partial charge in [0.25, 0.3) is 0 Å². The third-order valence-corrected chi connectivity index (χ3v) is 13.6. The van der Waals surface area contributed by atoms with Crippen LogP contribution in [0.2, 0.25) is 0 Å². The summed E-state index contributed by atoms with van der Waals surface area (Å²) in [5.41, 5.74) is 0. The van der Waals surface area contributed by atoms with Crippen LogP contribution >= 0.6 is 0 Å². The summed E-state index contributed by atoms with van der Waals surface area (Å²) in [5.74, 6) is -0.877. The van der Waals surface area contributed by atoms with Crippen molar-refractivity contribution in [1.82, 2.24) is 0 Å². The van der Waals surface area contributed by atoms with Crippen LogP contribution in [0, 0.1) is 0 Å². The molecule has 1 atom stereocenters. The molecule has 0 saturated carbocycles. The number of ether oxygens (including phenoxy) is 3. The highest BCUT2D eigenvalue weighted by atomic mass is 16.6. The molecule has 6 heteroatoms. The topological polar surface area (TPSA) is 78.9 Å². The van der Waals surface area contributed by atoms with Crippen molar-refractivity contribution in [3.05, 3.63) is 36.5 Å². The number of hydrogen-bond acceptors (Lipinski definition) is 6. The number of allylic oxidation sites excluding steroid dienone is 6. The summed E-state index contributed by atoms with van der Waals surface area (Å²) < 4.78 is 16.9. The minimum absolute atomic E-state index is 0.0755. The molecular weight excluding hydrogens is 853 g/mol. The molecule has 0 aromatic heterocycles. The second-order valence-electron chi connectivity index (χ2n) is 20.6. The maximum Gasteiger partial charge on any atom is 0.306 e. The van der Waals surface area contributed by atoms with Crippen LogP contribution in [0.5, 0.6) is 0 Å². The minimum atomic E-state index is -0.777. The number of esters is 3. The van der Waals surface area contributed by atoms with E-state index in [1.807, 2.05) is 0 Å². The Morgan fingerprint density at radius 2 is 0.478 bits per heavy atom. The lowest BCUT2D eigenvalue weighted by Crippen LogP contribution is -2.30. The number of rotatable bonds is 56. The van der Waals surface area contributed by atoms with Gasteiger partial charge in [0.15, 0.2) is 6.10 Å². The van der Waals surface area contributed by atoms with Crippen LogP contribution in [0.1, 0.15) is 329 Å². The Morgan fingerprint density at radius 3 is 0.739 bits per heavy atom. The summed E-state index contributed by atoms with van der Waals surface area (Å²) >= 11 is 0. The molecule has 404 valence electrons. The summed E-state index contributed by atoms with van der Waals surface area (Å²) in [5, 5.41) is 0. The first kappa shape index (κ1) is 66.6. The van der Waals surface area contributed by atoms with Crippen molar-refractivity contribution in [2.75, 3.05) is 13.2 Å². The Kier molecular flexibility index (Phi) is 56.2. The van der Waals surface area contributed by atoms with E-state index in [0.29, 0.717) is 19.3 Å². The van der Waals surface area contributed by atoms with Gasteiger partial charge >= 0.3 is 17.9 Å². The van der Waals surface area contributed by atoms with E-state index < -0.39 is 6.10 Å². The lowest BCUT2D eigenvalue weighted by molar-refractivity contribution is -0.167. The first-order valence-corrected chi connectivity index (χ1v) is 30.5. The zero-order valence-electron chi connectivity index (χ0n) is 46.3. The van der Waals surface area contributed by atoms with Crippen molar-refractivity contribution in [3.63, 3.8) is 0 Å². The average Bonchev–Trinajstić information content (AvgIpc) is 3.35. The molecule has 0 aliphatic rings. The highest BCUT2D eigenvalue weighted by Crippen LogP contribution is 2.16. The smallest absolute Gasteiger partial charge is 0.306 e. The van der Waals surface area contributed by atoms with Crippen LogP contribution in [-0.2, 0) is 28.6 Å². The van der Waals surface area contributed by atoms with E-state index in [1.54, 1.807) is 0 Å². The van der Waals surface area contributed by atoms with Gasteiger partial charge in [-0.05, 0) is 96.3 Å². The second-order valence-corrected chi connectivity index (χ2v) is 20.6. The first-order valence-electron chi connectivity index (χ1n) is 30.5. The average molecular weight is 970 g/mol. The lowest BCUT2D eigenvalue weighted by atomic mass is 10.0. The van der Waals surface area contributed by atoms with Gasteiger partial charge in [-0.25, -0.2) is 0 Å². The number of hydrogen-bond donors (Lipinski definition) is 0. The van der Waals surface area contributed by atoms with E-state index in [-0.39, 0.29) is 31.1 Å². The number of carbonyl (C=O) groups excluding carboxylic acids is 3. The zero-order valence-corrected chi connectivity index (χ0v) is 46.3. The van der Waals surface area contributed by atoms with Gasteiger partial charge in [-0.3, -0.25) is 14.4 Å². The molecule has 0 spiro atoms. The largest absolute Gasteiger partial charge is 0.462 e. The molecule has 0 aromatic rings. The van der Waals surface area contributed by atoms with Gasteiger partial charge in [-0.15, -0.1) is 0 Å². The molecule has 0 heterocycles.